The zero-order chi connectivity index (χ0) is 19.9. The summed E-state index contributed by atoms with van der Waals surface area (Å²) in [5.41, 5.74) is 3.21. The van der Waals surface area contributed by atoms with Gasteiger partial charge in [-0.15, -0.1) is 0 Å². The van der Waals surface area contributed by atoms with Gasteiger partial charge >= 0.3 is 0 Å². The fraction of sp³-hybridized carbons (Fsp3) is 0.200. The first-order valence-corrected chi connectivity index (χ1v) is 9.95. The Morgan fingerprint density at radius 3 is 2.66 bits per heavy atom. The third kappa shape index (κ3) is 4.91. The van der Waals surface area contributed by atoms with Gasteiger partial charge < -0.3 is 9.64 Å². The maximum absolute atomic E-state index is 12.7. The molecule has 0 spiro atoms. The van der Waals surface area contributed by atoms with Gasteiger partial charge in [0, 0.05) is 30.6 Å². The molecule has 0 bridgehead atoms. The van der Waals surface area contributed by atoms with Crippen molar-refractivity contribution in [3.8, 4) is 5.75 Å². The monoisotopic (exact) mass is 384 g/mol. The molecule has 4 rings (SSSR count). The van der Waals surface area contributed by atoms with Gasteiger partial charge in [0.2, 0.25) is 5.91 Å². The fourth-order valence-electron chi connectivity index (χ4n) is 3.64. The molecule has 1 aromatic heterocycles. The standard InChI is InChI=1S/C25H24N2O2/c28-25(27-17-5-9-24(27)22-7-2-1-3-8-22)15-12-20-10-13-23(14-11-20)29-19-21-6-4-16-26-18-21/h1-4,6-8,10-16,18,24H,5,9,17,19H2/b15-12+. The van der Waals surface area contributed by atoms with Crippen LogP contribution in [0.4, 0.5) is 0 Å². The SMILES string of the molecule is O=C(/C=C/c1ccc(OCc2cccnc2)cc1)N1CCCC1c1ccccc1. The van der Waals surface area contributed by atoms with E-state index in [1.165, 1.54) is 5.56 Å². The van der Waals surface area contributed by atoms with Crippen LogP contribution in [0.25, 0.3) is 6.08 Å². The first kappa shape index (κ1) is 18.9. The van der Waals surface area contributed by atoms with Crippen LogP contribution < -0.4 is 4.74 Å². The topological polar surface area (TPSA) is 42.4 Å². The number of aromatic nitrogens is 1. The van der Waals surface area contributed by atoms with E-state index in [0.717, 1.165) is 36.3 Å². The number of carbonyl (C=O) groups is 1. The normalized spacial score (nSPS) is 16.3. The number of carbonyl (C=O) groups excluding carboxylic acids is 1. The number of pyridine rings is 1. The highest BCUT2D eigenvalue weighted by Gasteiger charge is 2.28. The smallest absolute Gasteiger partial charge is 0.247 e. The Labute approximate surface area is 171 Å². The molecule has 3 aromatic rings. The average molecular weight is 384 g/mol. The molecule has 0 radical (unpaired) electrons. The summed E-state index contributed by atoms with van der Waals surface area (Å²) in [6.45, 7) is 1.29. The number of nitrogens with zero attached hydrogens (tertiary/aromatic N) is 2. The number of ether oxygens (including phenoxy) is 1. The zero-order valence-electron chi connectivity index (χ0n) is 16.3. The minimum absolute atomic E-state index is 0.0632. The lowest BCUT2D eigenvalue weighted by Gasteiger charge is -2.23. The van der Waals surface area contributed by atoms with E-state index >= 15 is 0 Å². The Morgan fingerprint density at radius 2 is 1.90 bits per heavy atom. The summed E-state index contributed by atoms with van der Waals surface area (Å²) in [5.74, 6) is 0.856. The first-order chi connectivity index (χ1) is 14.3. The predicted molar refractivity (Wildman–Crippen MR) is 114 cm³/mol. The van der Waals surface area contributed by atoms with Crippen LogP contribution in [-0.4, -0.2) is 22.3 Å². The summed E-state index contributed by atoms with van der Waals surface area (Å²) in [4.78, 5) is 18.8. The van der Waals surface area contributed by atoms with Crippen molar-refractivity contribution >= 4 is 12.0 Å². The summed E-state index contributed by atoms with van der Waals surface area (Å²) in [5, 5.41) is 0. The van der Waals surface area contributed by atoms with Gasteiger partial charge in [0.25, 0.3) is 0 Å². The molecular formula is C25H24N2O2. The number of likely N-dealkylation sites (tertiary alicyclic amines) is 1. The summed E-state index contributed by atoms with van der Waals surface area (Å²) in [6, 6.07) is 22.1. The molecule has 1 fully saturated rings. The molecule has 0 N–H and O–H groups in total. The Kier molecular flexibility index (Phi) is 6.01. The highest BCUT2D eigenvalue weighted by molar-refractivity contribution is 5.92. The molecule has 0 saturated carbocycles. The zero-order valence-corrected chi connectivity index (χ0v) is 16.3. The molecule has 1 aliphatic rings. The Bertz CT molecular complexity index is 953. The van der Waals surface area contributed by atoms with Gasteiger partial charge in [-0.25, -0.2) is 0 Å². The second-order valence-corrected chi connectivity index (χ2v) is 7.15. The molecule has 4 nitrogen and oxygen atoms in total. The number of benzene rings is 2. The number of amides is 1. The van der Waals surface area contributed by atoms with Crippen molar-refractivity contribution in [3.05, 3.63) is 102 Å². The molecule has 1 unspecified atom stereocenters. The molecule has 2 heterocycles. The van der Waals surface area contributed by atoms with Gasteiger partial charge in [0.15, 0.2) is 0 Å². The number of rotatable bonds is 6. The van der Waals surface area contributed by atoms with Crippen molar-refractivity contribution < 1.29 is 9.53 Å². The van der Waals surface area contributed by atoms with E-state index < -0.39 is 0 Å². The van der Waals surface area contributed by atoms with E-state index in [1.54, 1.807) is 18.5 Å². The van der Waals surface area contributed by atoms with Gasteiger partial charge in [-0.1, -0.05) is 48.5 Å². The molecule has 2 aromatic carbocycles. The predicted octanol–water partition coefficient (Wildman–Crippen LogP) is 5.04. The molecular weight excluding hydrogens is 360 g/mol. The van der Waals surface area contributed by atoms with Gasteiger partial charge in [0.1, 0.15) is 12.4 Å². The number of hydrogen-bond acceptors (Lipinski definition) is 3. The quantitative estimate of drug-likeness (QED) is 0.559. The maximum Gasteiger partial charge on any atom is 0.247 e. The lowest BCUT2D eigenvalue weighted by atomic mass is 10.0. The highest BCUT2D eigenvalue weighted by atomic mass is 16.5. The maximum atomic E-state index is 12.7. The highest BCUT2D eigenvalue weighted by Crippen LogP contribution is 2.32. The van der Waals surface area contributed by atoms with E-state index in [0.29, 0.717) is 6.61 Å². The summed E-state index contributed by atoms with van der Waals surface area (Å²) < 4.78 is 5.78. The molecule has 1 aliphatic heterocycles. The molecule has 146 valence electrons. The Balaban J connectivity index is 1.35. The molecule has 4 heteroatoms. The van der Waals surface area contributed by atoms with Gasteiger partial charge in [-0.2, -0.15) is 0 Å². The minimum Gasteiger partial charge on any atom is -0.489 e. The van der Waals surface area contributed by atoms with Crippen LogP contribution in [0.2, 0.25) is 0 Å². The number of hydrogen-bond donors (Lipinski definition) is 0. The largest absolute Gasteiger partial charge is 0.489 e. The van der Waals surface area contributed by atoms with Gasteiger partial charge in [0.05, 0.1) is 6.04 Å². The summed E-state index contributed by atoms with van der Waals surface area (Å²) in [6.07, 6.45) is 9.15. The van der Waals surface area contributed by atoms with Crippen molar-refractivity contribution in [1.29, 1.82) is 0 Å². The summed E-state index contributed by atoms with van der Waals surface area (Å²) in [7, 11) is 0. The fourth-order valence-corrected chi connectivity index (χ4v) is 3.64. The van der Waals surface area contributed by atoms with Crippen LogP contribution in [0.3, 0.4) is 0 Å². The average Bonchev–Trinajstić information content (AvgIpc) is 3.28. The third-order valence-corrected chi connectivity index (χ3v) is 5.15. The Hall–Kier alpha value is -3.40. The van der Waals surface area contributed by atoms with E-state index in [-0.39, 0.29) is 11.9 Å². The van der Waals surface area contributed by atoms with Crippen molar-refractivity contribution in [2.45, 2.75) is 25.5 Å². The van der Waals surface area contributed by atoms with E-state index in [4.69, 9.17) is 4.74 Å². The van der Waals surface area contributed by atoms with E-state index in [1.807, 2.05) is 65.6 Å². The summed E-state index contributed by atoms with van der Waals surface area (Å²) >= 11 is 0. The third-order valence-electron chi connectivity index (χ3n) is 5.15. The van der Waals surface area contributed by atoms with Crippen molar-refractivity contribution in [1.82, 2.24) is 9.88 Å². The molecule has 0 aliphatic carbocycles. The lowest BCUT2D eigenvalue weighted by molar-refractivity contribution is -0.126. The van der Waals surface area contributed by atoms with Crippen LogP contribution >= 0.6 is 0 Å². The van der Waals surface area contributed by atoms with Crippen molar-refractivity contribution in [3.63, 3.8) is 0 Å². The molecule has 29 heavy (non-hydrogen) atoms. The molecule has 1 amide bonds. The second kappa shape index (κ2) is 9.20. The Morgan fingerprint density at radius 1 is 1.07 bits per heavy atom. The van der Waals surface area contributed by atoms with Crippen LogP contribution in [0, 0.1) is 0 Å². The van der Waals surface area contributed by atoms with Gasteiger partial charge in [-0.05, 0) is 48.2 Å². The first-order valence-electron chi connectivity index (χ1n) is 9.95. The second-order valence-electron chi connectivity index (χ2n) is 7.15. The molecule has 1 saturated heterocycles. The van der Waals surface area contributed by atoms with Crippen LogP contribution in [-0.2, 0) is 11.4 Å². The van der Waals surface area contributed by atoms with E-state index in [2.05, 4.69) is 17.1 Å². The van der Waals surface area contributed by atoms with Crippen molar-refractivity contribution in [2.75, 3.05) is 6.54 Å². The molecule has 1 atom stereocenters. The van der Waals surface area contributed by atoms with Crippen LogP contribution in [0.15, 0.2) is 85.2 Å². The lowest BCUT2D eigenvalue weighted by Crippen LogP contribution is -2.28. The van der Waals surface area contributed by atoms with Crippen molar-refractivity contribution in [2.24, 2.45) is 0 Å². The van der Waals surface area contributed by atoms with Gasteiger partial charge in [-0.3, -0.25) is 9.78 Å². The van der Waals surface area contributed by atoms with E-state index in [9.17, 15) is 4.79 Å². The van der Waals surface area contributed by atoms with Crippen LogP contribution in [0.5, 0.6) is 5.75 Å². The van der Waals surface area contributed by atoms with Crippen LogP contribution in [0.1, 0.15) is 35.6 Å². The minimum atomic E-state index is 0.0632.